The van der Waals surface area contributed by atoms with Crippen LogP contribution in [0, 0.1) is 11.8 Å². The summed E-state index contributed by atoms with van der Waals surface area (Å²) in [4.78, 5) is 13.6. The molecule has 0 bridgehead atoms. The molecule has 1 atom stereocenters. The van der Waals surface area contributed by atoms with E-state index in [0.29, 0.717) is 29.6 Å². The van der Waals surface area contributed by atoms with Crippen molar-refractivity contribution in [1.29, 1.82) is 0 Å². The van der Waals surface area contributed by atoms with Gasteiger partial charge in [-0.3, -0.25) is 4.79 Å². The molecule has 0 saturated carbocycles. The Kier molecular flexibility index (Phi) is 7.15. The first-order valence-electron chi connectivity index (χ1n) is 10.3. The van der Waals surface area contributed by atoms with Crippen molar-refractivity contribution < 1.29 is 9.53 Å². The van der Waals surface area contributed by atoms with E-state index in [0.717, 1.165) is 12.8 Å². The molecule has 2 aromatic carbocycles. The van der Waals surface area contributed by atoms with E-state index in [1.165, 1.54) is 17.5 Å². The number of hydrogen-bond donors (Lipinski definition) is 0. The second-order valence-corrected chi connectivity index (χ2v) is 6.87. The summed E-state index contributed by atoms with van der Waals surface area (Å²) in [5.74, 6) is 6.09. The zero-order valence-electron chi connectivity index (χ0n) is 17.1. The van der Waals surface area contributed by atoms with E-state index in [1.54, 1.807) is 12.1 Å². The summed E-state index contributed by atoms with van der Waals surface area (Å²) in [6.07, 6.45) is 5.21. The Morgan fingerprint density at radius 3 is 2.55 bits per heavy atom. The number of benzene rings is 2. The van der Waals surface area contributed by atoms with Crippen LogP contribution < -0.4 is 0 Å². The first-order chi connectivity index (χ1) is 14.2. The smallest absolute Gasteiger partial charge is 0.291 e. The van der Waals surface area contributed by atoms with Crippen LogP contribution >= 0.6 is 0 Å². The van der Waals surface area contributed by atoms with Crippen molar-refractivity contribution in [3.8, 4) is 11.8 Å². The SMILES string of the molecule is CCCCCCC#CC(OCC)(C(=O)c1ccccc1)n1nnc2ccccc21. The number of nitrogens with zero attached hydrogens (tertiary/aromatic N) is 3. The van der Waals surface area contributed by atoms with E-state index in [-0.39, 0.29) is 5.78 Å². The summed E-state index contributed by atoms with van der Waals surface area (Å²) in [5.41, 5.74) is 0.394. The van der Waals surface area contributed by atoms with Gasteiger partial charge in [-0.25, -0.2) is 0 Å². The van der Waals surface area contributed by atoms with Gasteiger partial charge >= 0.3 is 0 Å². The number of unbranched alkanes of at least 4 members (excludes halogenated alkanes) is 4. The fourth-order valence-electron chi connectivity index (χ4n) is 3.29. The Labute approximate surface area is 172 Å². The summed E-state index contributed by atoms with van der Waals surface area (Å²) in [7, 11) is 0. The van der Waals surface area contributed by atoms with Crippen LogP contribution in [-0.2, 0) is 10.5 Å². The molecular weight excluding hydrogens is 362 g/mol. The molecule has 5 heteroatoms. The number of ketones is 1. The van der Waals surface area contributed by atoms with Crippen molar-refractivity contribution in [3.63, 3.8) is 0 Å². The molecule has 0 amide bonds. The largest absolute Gasteiger partial charge is 0.337 e. The second kappa shape index (κ2) is 9.99. The summed E-state index contributed by atoms with van der Waals surface area (Å²) < 4.78 is 7.59. The number of para-hydroxylation sites is 1. The maximum absolute atomic E-state index is 13.6. The lowest BCUT2D eigenvalue weighted by Crippen LogP contribution is -2.44. The lowest BCUT2D eigenvalue weighted by Gasteiger charge is -2.27. The minimum absolute atomic E-state index is 0.239. The van der Waals surface area contributed by atoms with Gasteiger partial charge < -0.3 is 4.74 Å². The van der Waals surface area contributed by atoms with Crippen molar-refractivity contribution in [3.05, 3.63) is 60.2 Å². The Morgan fingerprint density at radius 2 is 1.79 bits per heavy atom. The van der Waals surface area contributed by atoms with Crippen molar-refractivity contribution in [2.45, 2.75) is 51.7 Å². The summed E-state index contributed by atoms with van der Waals surface area (Å²) in [5, 5.41) is 8.50. The average molecular weight is 389 g/mol. The maximum atomic E-state index is 13.6. The second-order valence-electron chi connectivity index (χ2n) is 6.87. The van der Waals surface area contributed by atoms with E-state index >= 15 is 0 Å². The van der Waals surface area contributed by atoms with Crippen LogP contribution in [0.4, 0.5) is 0 Å². The zero-order chi connectivity index (χ0) is 20.5. The van der Waals surface area contributed by atoms with E-state index < -0.39 is 5.72 Å². The van der Waals surface area contributed by atoms with Gasteiger partial charge in [-0.15, -0.1) is 5.10 Å². The van der Waals surface area contributed by atoms with Gasteiger partial charge in [0.25, 0.3) is 5.72 Å². The van der Waals surface area contributed by atoms with E-state index in [9.17, 15) is 4.79 Å². The Balaban J connectivity index is 2.08. The summed E-state index contributed by atoms with van der Waals surface area (Å²) in [6, 6.07) is 16.6. The molecule has 3 aromatic rings. The molecule has 3 rings (SSSR count). The van der Waals surface area contributed by atoms with Gasteiger partial charge in [0.2, 0.25) is 5.78 Å². The first-order valence-corrected chi connectivity index (χ1v) is 10.3. The molecule has 0 aliphatic carbocycles. The van der Waals surface area contributed by atoms with Crippen molar-refractivity contribution in [2.24, 2.45) is 0 Å². The zero-order valence-corrected chi connectivity index (χ0v) is 17.1. The molecule has 29 heavy (non-hydrogen) atoms. The van der Waals surface area contributed by atoms with Crippen LogP contribution in [0.3, 0.4) is 0 Å². The molecule has 5 nitrogen and oxygen atoms in total. The fraction of sp³-hybridized carbons (Fsp3) is 0.375. The molecule has 1 aromatic heterocycles. The fourth-order valence-corrected chi connectivity index (χ4v) is 3.29. The maximum Gasteiger partial charge on any atom is 0.291 e. The summed E-state index contributed by atoms with van der Waals surface area (Å²) in [6.45, 7) is 4.35. The van der Waals surface area contributed by atoms with Crippen molar-refractivity contribution in [1.82, 2.24) is 15.0 Å². The van der Waals surface area contributed by atoms with Crippen LogP contribution in [0.5, 0.6) is 0 Å². The monoisotopic (exact) mass is 389 g/mol. The Bertz CT molecular complexity index is 1000. The third kappa shape index (κ3) is 4.55. The molecule has 0 spiro atoms. The van der Waals surface area contributed by atoms with Gasteiger partial charge in [0.05, 0.1) is 5.52 Å². The summed E-state index contributed by atoms with van der Waals surface area (Å²) >= 11 is 0. The number of rotatable bonds is 9. The molecule has 150 valence electrons. The molecule has 0 aliphatic heterocycles. The lowest BCUT2D eigenvalue weighted by molar-refractivity contribution is -0.0367. The van der Waals surface area contributed by atoms with Gasteiger partial charge in [-0.1, -0.05) is 79.8 Å². The number of aromatic nitrogens is 3. The molecular formula is C24H27N3O2. The predicted octanol–water partition coefficient (Wildman–Crippen LogP) is 4.98. The van der Waals surface area contributed by atoms with Gasteiger partial charge in [0, 0.05) is 18.6 Å². The topological polar surface area (TPSA) is 57.0 Å². The Morgan fingerprint density at radius 1 is 1.03 bits per heavy atom. The van der Waals surface area contributed by atoms with Gasteiger partial charge in [0.1, 0.15) is 5.52 Å². The normalized spacial score (nSPS) is 12.9. The predicted molar refractivity (Wildman–Crippen MR) is 114 cm³/mol. The number of ether oxygens (including phenoxy) is 1. The standard InChI is InChI=1S/C24H27N3O2/c1-3-5-6-7-8-14-19-24(29-4-2,23(28)20-15-10-9-11-16-20)27-22-18-13-12-17-21(22)25-26-27/h9-13,15-18H,3-8H2,1-2H3. The van der Waals surface area contributed by atoms with Crippen LogP contribution in [0.1, 0.15) is 56.3 Å². The van der Waals surface area contributed by atoms with Crippen LogP contribution in [0.25, 0.3) is 11.0 Å². The van der Waals surface area contributed by atoms with Gasteiger partial charge in [-0.2, -0.15) is 4.68 Å². The van der Waals surface area contributed by atoms with Crippen molar-refractivity contribution in [2.75, 3.05) is 6.61 Å². The third-order valence-corrected chi connectivity index (χ3v) is 4.76. The molecule has 1 unspecified atom stereocenters. The number of carbonyl (C=O) groups is 1. The molecule has 1 heterocycles. The van der Waals surface area contributed by atoms with Gasteiger partial charge in [-0.05, 0) is 31.4 Å². The van der Waals surface area contributed by atoms with Crippen molar-refractivity contribution >= 4 is 16.8 Å². The van der Waals surface area contributed by atoms with Gasteiger partial charge in [0.15, 0.2) is 0 Å². The van der Waals surface area contributed by atoms with E-state index in [2.05, 4.69) is 29.1 Å². The third-order valence-electron chi connectivity index (χ3n) is 4.76. The first kappa shape index (κ1) is 20.8. The lowest BCUT2D eigenvalue weighted by atomic mass is 10.00. The highest BCUT2D eigenvalue weighted by atomic mass is 16.5. The minimum atomic E-state index is -1.54. The number of carbonyl (C=O) groups excluding carboxylic acids is 1. The highest BCUT2D eigenvalue weighted by molar-refractivity contribution is 6.03. The molecule has 0 fully saturated rings. The van der Waals surface area contributed by atoms with E-state index in [1.807, 2.05) is 49.4 Å². The highest BCUT2D eigenvalue weighted by Gasteiger charge is 2.43. The van der Waals surface area contributed by atoms with Crippen LogP contribution in [0.2, 0.25) is 0 Å². The molecule has 0 aliphatic rings. The average Bonchev–Trinajstić information content (AvgIpc) is 3.20. The van der Waals surface area contributed by atoms with Crippen LogP contribution in [-0.4, -0.2) is 27.4 Å². The quantitative estimate of drug-likeness (QED) is 0.294. The highest BCUT2D eigenvalue weighted by Crippen LogP contribution is 2.27. The number of fused-ring (bicyclic) bond motifs is 1. The number of Topliss-reactive ketones (excluding diaryl/α,β-unsaturated/α-hetero) is 1. The minimum Gasteiger partial charge on any atom is -0.337 e. The molecule has 0 saturated heterocycles. The Hall–Kier alpha value is -2.97. The van der Waals surface area contributed by atoms with Crippen LogP contribution in [0.15, 0.2) is 54.6 Å². The van der Waals surface area contributed by atoms with E-state index in [4.69, 9.17) is 4.74 Å². The number of hydrogen-bond acceptors (Lipinski definition) is 4. The molecule has 0 radical (unpaired) electrons. The molecule has 0 N–H and O–H groups in total.